The van der Waals surface area contributed by atoms with Gasteiger partial charge < -0.3 is 71.1 Å². The van der Waals surface area contributed by atoms with Gasteiger partial charge in [-0.25, -0.2) is 0 Å². The van der Waals surface area contributed by atoms with Gasteiger partial charge in [0, 0.05) is 20.6 Å². The predicted octanol–water partition coefficient (Wildman–Crippen LogP) is 5.09. The molecule has 16 heteroatoms. The average Bonchev–Trinajstić information content (AvgIpc) is 3.24. The number of esters is 1. The Morgan fingerprint density at radius 2 is 0.627 bits per heavy atom. The summed E-state index contributed by atoms with van der Waals surface area (Å²) in [6, 6.07) is 0. The Morgan fingerprint density at radius 1 is 0.339 bits per heavy atom. The Hall–Kier alpha value is -1.09. The lowest BCUT2D eigenvalue weighted by atomic mass is 10.1. The fourth-order valence-electron chi connectivity index (χ4n) is 5.19. The molecule has 0 aromatic heterocycles. The van der Waals surface area contributed by atoms with E-state index in [2.05, 4.69) is 6.92 Å². The van der Waals surface area contributed by atoms with Crippen molar-refractivity contribution in [2.75, 3.05) is 186 Å². The Morgan fingerprint density at radius 3 is 0.966 bits per heavy atom. The van der Waals surface area contributed by atoms with E-state index in [0.717, 1.165) is 19.3 Å². The van der Waals surface area contributed by atoms with E-state index in [1.165, 1.54) is 51.4 Å². The third-order valence-electron chi connectivity index (χ3n) is 8.51. The summed E-state index contributed by atoms with van der Waals surface area (Å²) in [7, 11) is 3.29. The maximum atomic E-state index is 12.5. The molecule has 0 aliphatic heterocycles. The van der Waals surface area contributed by atoms with Crippen LogP contribution in [0.3, 0.4) is 0 Å². The normalized spacial score (nSPS) is 12.1. The summed E-state index contributed by atoms with van der Waals surface area (Å²) in [4.78, 5) is 12.5. The first-order chi connectivity index (χ1) is 29.2. The van der Waals surface area contributed by atoms with Crippen LogP contribution in [0.1, 0.15) is 84.0 Å². The van der Waals surface area contributed by atoms with Gasteiger partial charge in [-0.1, -0.05) is 71.1 Å². The van der Waals surface area contributed by atoms with Crippen LogP contribution in [0.4, 0.5) is 0 Å². The van der Waals surface area contributed by atoms with Crippen LogP contribution in [-0.4, -0.2) is 198 Å². The minimum atomic E-state index is -0.414. The van der Waals surface area contributed by atoms with Crippen molar-refractivity contribution in [1.82, 2.24) is 0 Å². The molecule has 1 atom stereocenters. The number of hydrogen-bond acceptors (Lipinski definition) is 16. The number of carbonyl (C=O) groups excluding carboxylic acids is 1. The molecule has 0 radical (unpaired) electrons. The smallest absolute Gasteiger partial charge is 0.305 e. The zero-order valence-corrected chi connectivity index (χ0v) is 37.5. The van der Waals surface area contributed by atoms with Crippen LogP contribution in [0.15, 0.2) is 0 Å². The monoisotopic (exact) mass is 859 g/mol. The number of unbranched alkanes of at least 4 members (excludes halogenated alkanes) is 10. The molecule has 1 unspecified atom stereocenters. The van der Waals surface area contributed by atoms with Crippen molar-refractivity contribution in [2.45, 2.75) is 90.1 Å². The summed E-state index contributed by atoms with van der Waals surface area (Å²) in [6.07, 6.45) is 13.6. The van der Waals surface area contributed by atoms with Gasteiger partial charge in [-0.2, -0.15) is 0 Å². The van der Waals surface area contributed by atoms with Crippen molar-refractivity contribution in [1.29, 1.82) is 0 Å². The molecule has 16 nitrogen and oxygen atoms in total. The van der Waals surface area contributed by atoms with Gasteiger partial charge in [-0.3, -0.25) is 4.79 Å². The van der Waals surface area contributed by atoms with Crippen LogP contribution in [0, 0.1) is 0 Å². The molecule has 0 amide bonds. The summed E-state index contributed by atoms with van der Waals surface area (Å²) in [6.45, 7) is 14.3. The molecule has 0 fully saturated rings. The second-order valence-corrected chi connectivity index (χ2v) is 13.6. The lowest BCUT2D eigenvalue weighted by Gasteiger charge is -2.18. The fraction of sp³-hybridized carbons (Fsp3) is 0.977. The molecule has 0 bridgehead atoms. The van der Waals surface area contributed by atoms with Gasteiger partial charge >= 0.3 is 5.97 Å². The molecular formula is C43H86O16. The van der Waals surface area contributed by atoms with E-state index in [9.17, 15) is 4.79 Å². The molecule has 0 N–H and O–H groups in total. The number of ether oxygens (including phenoxy) is 15. The topological polar surface area (TPSA) is 156 Å². The zero-order chi connectivity index (χ0) is 42.6. The quantitative estimate of drug-likeness (QED) is 0.0589. The maximum absolute atomic E-state index is 12.5. The first-order valence-electron chi connectivity index (χ1n) is 22.3. The van der Waals surface area contributed by atoms with E-state index in [-0.39, 0.29) is 19.2 Å². The van der Waals surface area contributed by atoms with E-state index in [0.29, 0.717) is 165 Å². The highest BCUT2D eigenvalue weighted by Gasteiger charge is 2.14. The van der Waals surface area contributed by atoms with Crippen LogP contribution in [0.2, 0.25) is 0 Å². The lowest BCUT2D eigenvalue weighted by molar-refractivity contribution is -0.150. The first-order valence-corrected chi connectivity index (χ1v) is 22.3. The summed E-state index contributed by atoms with van der Waals surface area (Å²) < 4.78 is 82.1. The van der Waals surface area contributed by atoms with Crippen molar-refractivity contribution >= 4 is 5.97 Å². The Balaban J connectivity index is 4.04. The molecule has 0 rings (SSSR count). The van der Waals surface area contributed by atoms with E-state index in [1.54, 1.807) is 14.2 Å². The maximum Gasteiger partial charge on any atom is 0.305 e. The van der Waals surface area contributed by atoms with E-state index < -0.39 is 6.10 Å². The van der Waals surface area contributed by atoms with Crippen LogP contribution < -0.4 is 0 Å². The standard InChI is InChI=1S/C43H86O16/c1-4-5-6-7-8-9-10-11-12-13-14-15-43(44)59-41-42(58-39-38-56-35-34-54-31-30-52-27-25-50-23-21-48-19-17-46-3)40-57-37-36-55-33-32-53-29-28-51-26-24-49-22-20-47-18-16-45-2/h42H,4-41H2,1-3H3. The van der Waals surface area contributed by atoms with E-state index in [1.807, 2.05) is 0 Å². The van der Waals surface area contributed by atoms with Crippen molar-refractivity contribution in [3.05, 3.63) is 0 Å². The summed E-state index contributed by atoms with van der Waals surface area (Å²) in [5, 5.41) is 0. The van der Waals surface area contributed by atoms with Gasteiger partial charge in [0.05, 0.1) is 165 Å². The minimum Gasteiger partial charge on any atom is -0.463 e. The van der Waals surface area contributed by atoms with Gasteiger partial charge in [0.1, 0.15) is 12.7 Å². The predicted molar refractivity (Wildman–Crippen MR) is 225 cm³/mol. The molecule has 0 aromatic carbocycles. The van der Waals surface area contributed by atoms with Gasteiger partial charge in [0.15, 0.2) is 0 Å². The molecule has 354 valence electrons. The molecule has 0 saturated heterocycles. The highest BCUT2D eigenvalue weighted by Crippen LogP contribution is 2.12. The number of carbonyl (C=O) groups is 1. The fourth-order valence-corrected chi connectivity index (χ4v) is 5.19. The average molecular weight is 859 g/mol. The number of hydrogen-bond donors (Lipinski definition) is 0. The Kier molecular flexibility index (Phi) is 52.1. The molecule has 0 aromatic rings. The molecule has 0 spiro atoms. The van der Waals surface area contributed by atoms with Crippen LogP contribution >= 0.6 is 0 Å². The van der Waals surface area contributed by atoms with Crippen LogP contribution in [-0.2, 0) is 75.8 Å². The van der Waals surface area contributed by atoms with Crippen LogP contribution in [0.5, 0.6) is 0 Å². The van der Waals surface area contributed by atoms with Gasteiger partial charge in [0.2, 0.25) is 0 Å². The van der Waals surface area contributed by atoms with Gasteiger partial charge in [0.25, 0.3) is 0 Å². The highest BCUT2D eigenvalue weighted by molar-refractivity contribution is 5.69. The first kappa shape index (κ1) is 57.9. The second kappa shape index (κ2) is 53.0. The molecular weight excluding hydrogens is 772 g/mol. The highest BCUT2D eigenvalue weighted by atomic mass is 16.6. The van der Waals surface area contributed by atoms with Gasteiger partial charge in [-0.15, -0.1) is 0 Å². The van der Waals surface area contributed by atoms with E-state index in [4.69, 9.17) is 71.1 Å². The second-order valence-electron chi connectivity index (χ2n) is 13.6. The molecule has 59 heavy (non-hydrogen) atoms. The largest absolute Gasteiger partial charge is 0.463 e. The summed E-state index contributed by atoms with van der Waals surface area (Å²) >= 11 is 0. The molecule has 0 aliphatic rings. The Labute approximate surface area is 357 Å². The van der Waals surface area contributed by atoms with Crippen molar-refractivity contribution < 1.29 is 75.8 Å². The molecule has 0 saturated carbocycles. The zero-order valence-electron chi connectivity index (χ0n) is 37.5. The summed E-state index contributed by atoms with van der Waals surface area (Å²) in [5.74, 6) is -0.204. The third-order valence-corrected chi connectivity index (χ3v) is 8.51. The summed E-state index contributed by atoms with van der Waals surface area (Å²) in [5.41, 5.74) is 0. The van der Waals surface area contributed by atoms with E-state index >= 15 is 0 Å². The number of methoxy groups -OCH3 is 2. The third kappa shape index (κ3) is 51.2. The Bertz CT molecular complexity index is 784. The van der Waals surface area contributed by atoms with Gasteiger partial charge in [-0.05, 0) is 6.42 Å². The lowest BCUT2D eigenvalue weighted by Crippen LogP contribution is -2.29. The van der Waals surface area contributed by atoms with Crippen LogP contribution in [0.25, 0.3) is 0 Å². The molecule has 0 heterocycles. The van der Waals surface area contributed by atoms with Crippen molar-refractivity contribution in [2.24, 2.45) is 0 Å². The van der Waals surface area contributed by atoms with Crippen molar-refractivity contribution in [3.8, 4) is 0 Å². The number of rotatable bonds is 53. The molecule has 0 aliphatic carbocycles. The van der Waals surface area contributed by atoms with Crippen molar-refractivity contribution in [3.63, 3.8) is 0 Å². The minimum absolute atomic E-state index is 0.124. The SMILES string of the molecule is CCCCCCCCCCCCCC(=O)OCC(COCCOCCOCCOCCOCCOCCOC)OCCOCCOCCOCCOCCOCCOC.